The van der Waals surface area contributed by atoms with Gasteiger partial charge in [0, 0.05) is 23.9 Å². The topological polar surface area (TPSA) is 24.1 Å². The molecule has 0 aliphatic carbocycles. The lowest BCUT2D eigenvalue weighted by molar-refractivity contribution is 1.41. The Balaban J connectivity index is 1.25. The van der Waals surface area contributed by atoms with E-state index in [9.17, 15) is 0 Å². The predicted octanol–water partition coefficient (Wildman–Crippen LogP) is 6.69. The molecular formula is C32H30N2P2. The molecule has 4 heteroatoms. The summed E-state index contributed by atoms with van der Waals surface area (Å²) in [4.78, 5) is 0. The van der Waals surface area contributed by atoms with Crippen molar-refractivity contribution in [2.24, 2.45) is 0 Å². The van der Waals surface area contributed by atoms with E-state index in [1.54, 1.807) is 0 Å². The molecule has 0 unspecified atom stereocenters. The molecule has 178 valence electrons. The zero-order chi connectivity index (χ0) is 24.4. The first-order valence-corrected chi connectivity index (χ1v) is 15.3. The quantitative estimate of drug-likeness (QED) is 0.207. The van der Waals surface area contributed by atoms with E-state index in [2.05, 4.69) is 156 Å². The first kappa shape index (κ1) is 24.3. The smallest absolute Gasteiger partial charge is 0.0430 e. The van der Waals surface area contributed by atoms with Crippen LogP contribution in [0.2, 0.25) is 0 Å². The van der Waals surface area contributed by atoms with Crippen LogP contribution in [0.3, 0.4) is 0 Å². The number of hydrogen-bond donors (Lipinski definition) is 2. The molecule has 2 nitrogen and oxygen atoms in total. The predicted molar refractivity (Wildman–Crippen MR) is 162 cm³/mol. The summed E-state index contributed by atoms with van der Waals surface area (Å²) in [6, 6.07) is 52.1. The van der Waals surface area contributed by atoms with Crippen molar-refractivity contribution in [2.75, 3.05) is 23.2 Å². The number of anilines is 2. The number of nitrogens with one attached hydrogen (secondary N) is 2. The average molecular weight is 505 g/mol. The van der Waals surface area contributed by atoms with Crippen LogP contribution < -0.4 is 31.9 Å². The Bertz CT molecular complexity index is 1130. The van der Waals surface area contributed by atoms with Crippen LogP contribution >= 0.6 is 15.8 Å². The first-order chi connectivity index (χ1) is 17.9. The van der Waals surface area contributed by atoms with E-state index < -0.39 is 15.8 Å². The van der Waals surface area contributed by atoms with E-state index in [0.29, 0.717) is 0 Å². The highest BCUT2D eigenvalue weighted by Crippen LogP contribution is 2.35. The molecule has 36 heavy (non-hydrogen) atoms. The second-order valence-electron chi connectivity index (χ2n) is 8.45. The van der Waals surface area contributed by atoms with E-state index >= 15 is 0 Å². The Labute approximate surface area is 216 Å². The van der Waals surface area contributed by atoms with Gasteiger partial charge in [-0.3, -0.25) is 0 Å². The van der Waals surface area contributed by atoms with E-state index in [-0.39, 0.29) is 0 Å². The van der Waals surface area contributed by atoms with Crippen molar-refractivity contribution in [1.29, 1.82) is 0 Å². The second kappa shape index (κ2) is 12.5. The average Bonchev–Trinajstić information content (AvgIpc) is 2.96. The van der Waals surface area contributed by atoms with Crippen LogP contribution in [0, 0.1) is 0 Å². The van der Waals surface area contributed by atoms with Gasteiger partial charge in [0.15, 0.2) is 0 Å². The summed E-state index contributed by atoms with van der Waals surface area (Å²) in [7, 11) is -0.947. The molecule has 0 aromatic heterocycles. The standard InChI is InChI=1S/C32H30N2P2/c1-5-13-29(14-6-1)35(30-15-7-2-8-16-30)25-33-27-21-23-28(24-22-27)34-26-36(31-17-9-3-10-18-31)32-19-11-4-12-20-32/h1-24,33-34H,25-26H2. The lowest BCUT2D eigenvalue weighted by atomic mass is 10.3. The van der Waals surface area contributed by atoms with Gasteiger partial charge < -0.3 is 10.6 Å². The van der Waals surface area contributed by atoms with E-state index in [1.807, 2.05) is 0 Å². The maximum absolute atomic E-state index is 3.69. The highest BCUT2D eigenvalue weighted by Gasteiger charge is 2.14. The third-order valence-corrected chi connectivity index (χ3v) is 10.7. The van der Waals surface area contributed by atoms with Crippen molar-refractivity contribution in [3.63, 3.8) is 0 Å². The van der Waals surface area contributed by atoms with Crippen molar-refractivity contribution >= 4 is 48.4 Å². The molecule has 5 aromatic rings. The number of rotatable bonds is 10. The Morgan fingerprint density at radius 2 is 0.583 bits per heavy atom. The van der Waals surface area contributed by atoms with E-state index in [1.165, 1.54) is 21.2 Å². The van der Waals surface area contributed by atoms with Crippen LogP contribution in [0.25, 0.3) is 0 Å². The Kier molecular flexibility index (Phi) is 8.42. The summed E-state index contributed by atoms with van der Waals surface area (Å²) in [6.07, 6.45) is 1.81. The molecule has 0 aliphatic rings. The number of hydrogen-bond acceptors (Lipinski definition) is 2. The van der Waals surface area contributed by atoms with Gasteiger partial charge in [0.1, 0.15) is 0 Å². The van der Waals surface area contributed by atoms with Gasteiger partial charge in [-0.05, 0) is 61.3 Å². The zero-order valence-corrected chi connectivity index (χ0v) is 22.0. The van der Waals surface area contributed by atoms with Crippen molar-refractivity contribution < 1.29 is 0 Å². The van der Waals surface area contributed by atoms with Gasteiger partial charge in [0.05, 0.1) is 0 Å². The minimum atomic E-state index is -0.473. The normalized spacial score (nSPS) is 10.9. The van der Waals surface area contributed by atoms with Crippen molar-refractivity contribution in [3.05, 3.63) is 146 Å². The van der Waals surface area contributed by atoms with Gasteiger partial charge >= 0.3 is 0 Å². The summed E-state index contributed by atoms with van der Waals surface area (Å²) < 4.78 is 0. The fourth-order valence-electron chi connectivity index (χ4n) is 4.14. The summed E-state index contributed by atoms with van der Waals surface area (Å²) in [5.74, 6) is 0. The van der Waals surface area contributed by atoms with Gasteiger partial charge in [-0.15, -0.1) is 0 Å². The Morgan fingerprint density at radius 1 is 0.333 bits per heavy atom. The highest BCUT2D eigenvalue weighted by atomic mass is 31.1. The summed E-state index contributed by atoms with van der Waals surface area (Å²) in [5, 5.41) is 12.9. The van der Waals surface area contributed by atoms with Crippen molar-refractivity contribution in [1.82, 2.24) is 0 Å². The van der Waals surface area contributed by atoms with Gasteiger partial charge in [-0.25, -0.2) is 0 Å². The molecule has 0 fully saturated rings. The van der Waals surface area contributed by atoms with Crippen LogP contribution in [0.15, 0.2) is 146 Å². The van der Waals surface area contributed by atoms with Crippen molar-refractivity contribution in [3.8, 4) is 0 Å². The molecular weight excluding hydrogens is 474 g/mol. The van der Waals surface area contributed by atoms with Crippen LogP contribution in [-0.2, 0) is 0 Å². The molecule has 0 heterocycles. The minimum Gasteiger partial charge on any atom is -0.381 e. The molecule has 0 saturated carbocycles. The fourth-order valence-corrected chi connectivity index (χ4v) is 8.28. The largest absolute Gasteiger partial charge is 0.381 e. The summed E-state index contributed by atoms with van der Waals surface area (Å²) >= 11 is 0. The molecule has 0 spiro atoms. The number of benzene rings is 5. The lowest BCUT2D eigenvalue weighted by Gasteiger charge is -2.21. The monoisotopic (exact) mass is 504 g/mol. The molecule has 5 rings (SSSR count). The van der Waals surface area contributed by atoms with Gasteiger partial charge in [-0.2, -0.15) is 0 Å². The highest BCUT2D eigenvalue weighted by molar-refractivity contribution is 7.73. The minimum absolute atomic E-state index is 0.473. The maximum atomic E-state index is 3.69. The van der Waals surface area contributed by atoms with Crippen LogP contribution in [0.1, 0.15) is 0 Å². The SMILES string of the molecule is c1ccc(P(CNc2ccc(NCP(c3ccccc3)c3ccccc3)cc2)c2ccccc2)cc1. The first-order valence-electron chi connectivity index (χ1n) is 12.2. The van der Waals surface area contributed by atoms with E-state index in [0.717, 1.165) is 23.9 Å². The third-order valence-electron chi connectivity index (χ3n) is 6.04. The van der Waals surface area contributed by atoms with E-state index in [4.69, 9.17) is 0 Å². The van der Waals surface area contributed by atoms with Gasteiger partial charge in [0.2, 0.25) is 0 Å². The Hall–Kier alpha value is -3.44. The maximum Gasteiger partial charge on any atom is 0.0430 e. The molecule has 0 amide bonds. The van der Waals surface area contributed by atoms with Crippen LogP contribution in [-0.4, -0.2) is 12.6 Å². The molecule has 0 bridgehead atoms. The van der Waals surface area contributed by atoms with Gasteiger partial charge in [-0.1, -0.05) is 121 Å². The fraction of sp³-hybridized carbons (Fsp3) is 0.0625. The molecule has 5 aromatic carbocycles. The van der Waals surface area contributed by atoms with Crippen LogP contribution in [0.5, 0.6) is 0 Å². The molecule has 0 aliphatic heterocycles. The summed E-state index contributed by atoms with van der Waals surface area (Å²) in [6.45, 7) is 0. The molecule has 0 radical (unpaired) electrons. The molecule has 2 N–H and O–H groups in total. The van der Waals surface area contributed by atoms with Crippen LogP contribution in [0.4, 0.5) is 11.4 Å². The van der Waals surface area contributed by atoms with Crippen molar-refractivity contribution in [2.45, 2.75) is 0 Å². The van der Waals surface area contributed by atoms with Gasteiger partial charge in [0.25, 0.3) is 0 Å². The molecule has 0 atom stereocenters. The second-order valence-corrected chi connectivity index (χ2v) is 12.9. The Morgan fingerprint density at radius 3 is 0.833 bits per heavy atom. The summed E-state index contributed by atoms with van der Waals surface area (Å²) in [5.41, 5.74) is 2.29. The molecule has 0 saturated heterocycles. The third kappa shape index (κ3) is 6.41. The lowest BCUT2D eigenvalue weighted by Crippen LogP contribution is -2.18. The zero-order valence-electron chi connectivity index (χ0n) is 20.2.